The normalized spacial score (nSPS) is 15.6. The van der Waals surface area contributed by atoms with Crippen molar-refractivity contribution in [3.8, 4) is 52.7 Å². The molecule has 0 amide bonds. The first-order chi connectivity index (χ1) is 24.6. The highest BCUT2D eigenvalue weighted by atomic mass is 28.3. The van der Waals surface area contributed by atoms with E-state index in [1.807, 2.05) is 60.7 Å². The van der Waals surface area contributed by atoms with Crippen molar-refractivity contribution in [3.63, 3.8) is 0 Å². The van der Waals surface area contributed by atoms with Crippen LogP contribution in [0.15, 0.2) is 121 Å². The van der Waals surface area contributed by atoms with Crippen LogP contribution in [-0.4, -0.2) is 8.40 Å². The van der Waals surface area contributed by atoms with Crippen LogP contribution in [-0.2, 0) is 0 Å². The van der Waals surface area contributed by atoms with E-state index in [9.17, 15) is 15.8 Å². The van der Waals surface area contributed by atoms with Crippen molar-refractivity contribution in [2.45, 2.75) is 0 Å². The summed E-state index contributed by atoms with van der Waals surface area (Å²) in [6.07, 6.45) is 0. The van der Waals surface area contributed by atoms with E-state index >= 15 is 0 Å². The number of para-hydroxylation sites is 4. The molecular formula is C40H20N6O3Si. The molecule has 1 unspecified atom stereocenters. The van der Waals surface area contributed by atoms with Crippen LogP contribution < -0.4 is 33.7 Å². The summed E-state index contributed by atoms with van der Waals surface area (Å²) in [6.45, 7) is 8.00. The molecule has 3 aliphatic heterocycles. The molecule has 0 saturated carbocycles. The van der Waals surface area contributed by atoms with Crippen LogP contribution in [0.3, 0.4) is 0 Å². The van der Waals surface area contributed by atoms with Gasteiger partial charge in [0.1, 0.15) is 34.5 Å². The molecule has 0 aromatic heterocycles. The van der Waals surface area contributed by atoms with E-state index in [0.717, 1.165) is 0 Å². The van der Waals surface area contributed by atoms with Crippen LogP contribution in [0.5, 0.6) is 34.5 Å². The molecule has 6 aromatic rings. The fourth-order valence-corrected chi connectivity index (χ4v) is 12.3. The second-order valence-electron chi connectivity index (χ2n) is 11.8. The van der Waals surface area contributed by atoms with E-state index in [2.05, 4.69) is 32.2 Å². The highest BCUT2D eigenvalue weighted by Crippen LogP contribution is 2.56. The minimum atomic E-state index is -4.09. The number of hydrogen-bond donors (Lipinski definition) is 0. The van der Waals surface area contributed by atoms with Crippen LogP contribution in [0, 0.1) is 40.6 Å². The summed E-state index contributed by atoms with van der Waals surface area (Å²) < 4.78 is 24.8. The van der Waals surface area contributed by atoms with Gasteiger partial charge in [0, 0.05) is 10.4 Å². The fourth-order valence-electron chi connectivity index (χ4n) is 7.10. The second kappa shape index (κ2) is 10.8. The maximum absolute atomic E-state index is 10.4. The molecule has 1 atom stereocenters. The molecule has 0 saturated heterocycles. The number of benzene rings is 6. The molecule has 232 valence electrons. The minimum Gasteiger partial charge on any atom is -0.455 e. The van der Waals surface area contributed by atoms with Crippen LogP contribution in [0.1, 0.15) is 16.7 Å². The number of fused-ring (bicyclic) bond motifs is 10. The molecule has 0 radical (unpaired) electrons. The Bertz CT molecular complexity index is 2450. The van der Waals surface area contributed by atoms with Gasteiger partial charge in [0.05, 0.1) is 64.2 Å². The number of nitriles is 3. The Labute approximate surface area is 287 Å². The summed E-state index contributed by atoms with van der Waals surface area (Å²) in [5, 5.41) is 32.3. The monoisotopic (exact) mass is 660 g/mol. The van der Waals surface area contributed by atoms with E-state index < -0.39 is 8.40 Å². The first kappa shape index (κ1) is 28.7. The Morgan fingerprint density at radius 2 is 0.900 bits per heavy atom. The zero-order valence-electron chi connectivity index (χ0n) is 26.0. The molecular weight excluding hydrogens is 641 g/mol. The fraction of sp³-hybridized carbons (Fsp3) is 0. The highest BCUT2D eigenvalue weighted by molar-refractivity contribution is 7.10. The third-order valence-corrected chi connectivity index (χ3v) is 13.7. The lowest BCUT2D eigenvalue weighted by atomic mass is 10.2. The zero-order chi connectivity index (χ0) is 34.0. The van der Waals surface area contributed by atoms with Crippen molar-refractivity contribution in [3.05, 3.63) is 149 Å². The zero-order valence-corrected chi connectivity index (χ0v) is 27.0. The molecule has 3 heterocycles. The van der Waals surface area contributed by atoms with E-state index in [1.165, 1.54) is 0 Å². The topological polar surface area (TPSA) is 110 Å². The summed E-state index contributed by atoms with van der Waals surface area (Å²) in [7, 11) is -4.09. The lowest BCUT2D eigenvalue weighted by Crippen LogP contribution is -2.78. The summed E-state index contributed by atoms with van der Waals surface area (Å²) in [4.78, 5) is 3.80. The number of anilines is 4. The number of ether oxygens (including phenoxy) is 3. The lowest BCUT2D eigenvalue weighted by Gasteiger charge is -2.51. The van der Waals surface area contributed by atoms with Gasteiger partial charge in [-0.2, -0.15) is 15.8 Å². The van der Waals surface area contributed by atoms with Crippen LogP contribution in [0.25, 0.3) is 4.85 Å². The molecule has 1 spiro atoms. The van der Waals surface area contributed by atoms with Crippen LogP contribution in [0.2, 0.25) is 0 Å². The average Bonchev–Trinajstić information content (AvgIpc) is 3.35. The smallest absolute Gasteiger partial charge is 0.348 e. The van der Waals surface area contributed by atoms with Crippen LogP contribution >= 0.6 is 0 Å². The molecule has 3 aliphatic rings. The average molecular weight is 661 g/mol. The Hall–Kier alpha value is -7.50. The first-order valence-electron chi connectivity index (χ1n) is 15.5. The predicted molar refractivity (Wildman–Crippen MR) is 189 cm³/mol. The van der Waals surface area contributed by atoms with Gasteiger partial charge >= 0.3 is 8.40 Å². The van der Waals surface area contributed by atoms with Gasteiger partial charge in [-0.25, -0.2) is 4.85 Å². The van der Waals surface area contributed by atoms with Crippen molar-refractivity contribution in [2.24, 2.45) is 0 Å². The number of rotatable bonds is 0. The van der Waals surface area contributed by atoms with Gasteiger partial charge in [0.25, 0.3) is 0 Å². The largest absolute Gasteiger partial charge is 0.455 e. The van der Waals surface area contributed by atoms with Gasteiger partial charge in [-0.05, 0) is 91.0 Å². The van der Waals surface area contributed by atoms with Crippen molar-refractivity contribution in [1.29, 1.82) is 15.8 Å². The standard InChI is InChI=1S/C40H20N6O3Si/c1-44-28-13-17-36-32(21-28)46-30-7-3-5-9-34(30)47-33-8-4-2-6-29(33)45-31-18-25(22-41)10-14-35(31)48-37-15-11-26(23-42)19-39(37)50(45,46)40-20-27(24-43)12-16-38(40)49-36/h2-21H. The van der Waals surface area contributed by atoms with Crippen molar-refractivity contribution >= 4 is 47.2 Å². The molecule has 0 bridgehead atoms. The Kier molecular flexibility index (Phi) is 6.18. The predicted octanol–water partition coefficient (Wildman–Crippen LogP) is 8.40. The van der Waals surface area contributed by atoms with Gasteiger partial charge < -0.3 is 23.3 Å². The molecule has 0 aliphatic carbocycles. The van der Waals surface area contributed by atoms with Gasteiger partial charge in [0.2, 0.25) is 0 Å². The Morgan fingerprint density at radius 1 is 0.480 bits per heavy atom. The molecule has 50 heavy (non-hydrogen) atoms. The highest BCUT2D eigenvalue weighted by Gasteiger charge is 2.60. The van der Waals surface area contributed by atoms with Crippen molar-refractivity contribution in [1.82, 2.24) is 0 Å². The van der Waals surface area contributed by atoms with E-state index in [-0.39, 0.29) is 0 Å². The lowest BCUT2D eigenvalue weighted by molar-refractivity contribution is 0.482. The SMILES string of the molecule is [C-]#[N+]c1ccc2c(c1)N1c3ccccc3Oc3ccccc3N3c4cc(C#N)ccc4Oc4ccc(C#N)cc4[Si]31c1cc(C#N)ccc1O2. The summed E-state index contributed by atoms with van der Waals surface area (Å²) in [5.41, 5.74) is 4.06. The summed E-state index contributed by atoms with van der Waals surface area (Å²) in [5.74, 6) is 3.01. The van der Waals surface area contributed by atoms with Gasteiger partial charge in [-0.1, -0.05) is 30.3 Å². The Morgan fingerprint density at radius 3 is 1.42 bits per heavy atom. The molecule has 0 N–H and O–H groups in total. The Balaban J connectivity index is 1.61. The third-order valence-electron chi connectivity index (χ3n) is 9.13. The van der Waals surface area contributed by atoms with E-state index in [0.29, 0.717) is 90.0 Å². The third kappa shape index (κ3) is 3.95. The molecule has 6 aromatic carbocycles. The summed E-state index contributed by atoms with van der Waals surface area (Å²) >= 11 is 0. The van der Waals surface area contributed by atoms with Crippen LogP contribution in [0.4, 0.5) is 28.4 Å². The second-order valence-corrected chi connectivity index (χ2v) is 15.1. The van der Waals surface area contributed by atoms with Gasteiger partial charge in [0.15, 0.2) is 5.69 Å². The van der Waals surface area contributed by atoms with Crippen molar-refractivity contribution < 1.29 is 14.2 Å². The molecule has 9 nitrogen and oxygen atoms in total. The number of hydrogen-bond acceptors (Lipinski definition) is 8. The maximum atomic E-state index is 10.4. The quantitative estimate of drug-likeness (QED) is 0.118. The molecule has 10 heteroatoms. The van der Waals surface area contributed by atoms with Gasteiger partial charge in [-0.15, -0.1) is 0 Å². The van der Waals surface area contributed by atoms with Crippen molar-refractivity contribution in [2.75, 3.05) is 9.13 Å². The van der Waals surface area contributed by atoms with E-state index in [1.54, 1.807) is 60.7 Å². The first-order valence-corrected chi connectivity index (χ1v) is 17.4. The van der Waals surface area contributed by atoms with E-state index in [4.69, 9.17) is 20.8 Å². The number of nitrogens with zero attached hydrogens (tertiary/aromatic N) is 6. The molecule has 0 fully saturated rings. The summed E-state index contributed by atoms with van der Waals surface area (Å²) in [6, 6.07) is 43.5. The minimum absolute atomic E-state index is 0.385. The maximum Gasteiger partial charge on any atom is 0.348 e. The molecule has 9 rings (SSSR count). The van der Waals surface area contributed by atoms with Gasteiger partial charge in [-0.3, -0.25) is 0 Å².